The van der Waals surface area contributed by atoms with Gasteiger partial charge < -0.3 is 16.2 Å². The largest absolute Gasteiger partial charge is 0.478 e. The van der Waals surface area contributed by atoms with Crippen molar-refractivity contribution >= 4 is 28.7 Å². The SMILES string of the molecule is CC(CNc1cc(N)ccc1C(=O)O)c1nccs1. The first-order chi connectivity index (χ1) is 9.08. The second-order valence-corrected chi connectivity index (χ2v) is 5.19. The normalized spacial score (nSPS) is 12.1. The third-order valence-electron chi connectivity index (χ3n) is 2.75. The predicted octanol–water partition coefficient (Wildman–Crippen LogP) is 2.64. The fourth-order valence-electron chi connectivity index (χ4n) is 1.72. The quantitative estimate of drug-likeness (QED) is 0.731. The Morgan fingerprint density at radius 2 is 2.37 bits per heavy atom. The van der Waals surface area contributed by atoms with Gasteiger partial charge in [0.15, 0.2) is 0 Å². The van der Waals surface area contributed by atoms with Crippen molar-refractivity contribution in [2.24, 2.45) is 0 Å². The van der Waals surface area contributed by atoms with Crippen molar-refractivity contribution in [3.63, 3.8) is 0 Å². The summed E-state index contributed by atoms with van der Waals surface area (Å²) in [4.78, 5) is 15.4. The van der Waals surface area contributed by atoms with E-state index in [1.165, 1.54) is 6.07 Å². The van der Waals surface area contributed by atoms with Crippen molar-refractivity contribution in [1.82, 2.24) is 4.98 Å². The molecule has 100 valence electrons. The van der Waals surface area contributed by atoms with Crippen LogP contribution in [-0.4, -0.2) is 22.6 Å². The van der Waals surface area contributed by atoms with Gasteiger partial charge in [-0.2, -0.15) is 0 Å². The third-order valence-corrected chi connectivity index (χ3v) is 3.75. The van der Waals surface area contributed by atoms with Crippen molar-refractivity contribution in [2.45, 2.75) is 12.8 Å². The van der Waals surface area contributed by atoms with Crippen LogP contribution in [-0.2, 0) is 0 Å². The van der Waals surface area contributed by atoms with Crippen molar-refractivity contribution in [3.8, 4) is 0 Å². The molecule has 5 nitrogen and oxygen atoms in total. The van der Waals surface area contributed by atoms with E-state index >= 15 is 0 Å². The maximum Gasteiger partial charge on any atom is 0.337 e. The molecule has 1 aromatic heterocycles. The molecular weight excluding hydrogens is 262 g/mol. The molecule has 19 heavy (non-hydrogen) atoms. The predicted molar refractivity (Wildman–Crippen MR) is 76.8 cm³/mol. The van der Waals surface area contributed by atoms with Crippen LogP contribution in [0.25, 0.3) is 0 Å². The Bertz CT molecular complexity index is 569. The van der Waals surface area contributed by atoms with E-state index in [-0.39, 0.29) is 11.5 Å². The number of rotatable bonds is 5. The first-order valence-electron chi connectivity index (χ1n) is 5.84. The van der Waals surface area contributed by atoms with Crippen LogP contribution in [0.1, 0.15) is 28.2 Å². The van der Waals surface area contributed by atoms with Gasteiger partial charge >= 0.3 is 5.97 Å². The van der Waals surface area contributed by atoms with Crippen molar-refractivity contribution in [2.75, 3.05) is 17.6 Å². The van der Waals surface area contributed by atoms with Gasteiger partial charge in [0.05, 0.1) is 16.3 Å². The molecule has 6 heteroatoms. The van der Waals surface area contributed by atoms with Crippen LogP contribution in [0.4, 0.5) is 11.4 Å². The number of nitrogens with zero attached hydrogens (tertiary/aromatic N) is 1. The number of aromatic carboxylic acids is 1. The summed E-state index contributed by atoms with van der Waals surface area (Å²) < 4.78 is 0. The number of carboxylic acid groups (broad SMARTS) is 1. The Morgan fingerprint density at radius 1 is 1.58 bits per heavy atom. The molecule has 0 radical (unpaired) electrons. The molecule has 1 atom stereocenters. The summed E-state index contributed by atoms with van der Waals surface area (Å²) in [6, 6.07) is 4.73. The van der Waals surface area contributed by atoms with E-state index in [0.29, 0.717) is 17.9 Å². The summed E-state index contributed by atoms with van der Waals surface area (Å²) in [6.45, 7) is 2.65. The highest BCUT2D eigenvalue weighted by Crippen LogP contribution is 2.22. The van der Waals surface area contributed by atoms with E-state index in [2.05, 4.69) is 10.3 Å². The monoisotopic (exact) mass is 277 g/mol. The van der Waals surface area contributed by atoms with Gasteiger partial charge in [-0.05, 0) is 18.2 Å². The van der Waals surface area contributed by atoms with E-state index in [4.69, 9.17) is 10.8 Å². The first kappa shape index (κ1) is 13.4. The summed E-state index contributed by atoms with van der Waals surface area (Å²) in [5.41, 5.74) is 6.98. The number of nitrogen functional groups attached to an aromatic ring is 1. The highest BCUT2D eigenvalue weighted by Gasteiger charge is 2.12. The zero-order chi connectivity index (χ0) is 13.8. The number of thiazole rings is 1. The minimum Gasteiger partial charge on any atom is -0.478 e. The number of hydrogen-bond donors (Lipinski definition) is 3. The van der Waals surface area contributed by atoms with Gasteiger partial charge in [0.2, 0.25) is 0 Å². The number of anilines is 2. The smallest absolute Gasteiger partial charge is 0.337 e. The minimum absolute atomic E-state index is 0.211. The Hall–Kier alpha value is -2.08. The summed E-state index contributed by atoms with van der Waals surface area (Å²) in [7, 11) is 0. The molecule has 1 unspecified atom stereocenters. The van der Waals surface area contributed by atoms with E-state index in [9.17, 15) is 4.79 Å². The minimum atomic E-state index is -0.968. The van der Waals surface area contributed by atoms with E-state index in [1.54, 1.807) is 29.7 Å². The van der Waals surface area contributed by atoms with Gasteiger partial charge in [0, 0.05) is 29.7 Å². The Balaban J connectivity index is 2.10. The maximum absolute atomic E-state index is 11.1. The summed E-state index contributed by atoms with van der Waals surface area (Å²) in [5, 5.41) is 15.2. The molecule has 0 saturated heterocycles. The standard InChI is InChI=1S/C13H15N3O2S/c1-8(12-15-4-5-19-12)7-16-11-6-9(14)2-3-10(11)13(17)18/h2-6,8,16H,7,14H2,1H3,(H,17,18). The van der Waals surface area contributed by atoms with Gasteiger partial charge in [-0.15, -0.1) is 11.3 Å². The topological polar surface area (TPSA) is 88.2 Å². The Morgan fingerprint density at radius 3 is 3.00 bits per heavy atom. The average molecular weight is 277 g/mol. The number of nitrogens with one attached hydrogen (secondary N) is 1. The molecule has 2 aromatic rings. The lowest BCUT2D eigenvalue weighted by Crippen LogP contribution is -2.13. The van der Waals surface area contributed by atoms with Gasteiger partial charge in [0.1, 0.15) is 0 Å². The fourth-order valence-corrected chi connectivity index (χ4v) is 2.42. The zero-order valence-electron chi connectivity index (χ0n) is 10.5. The number of nitrogens with two attached hydrogens (primary N) is 1. The first-order valence-corrected chi connectivity index (χ1v) is 6.72. The van der Waals surface area contributed by atoms with Crippen LogP contribution in [0, 0.1) is 0 Å². The van der Waals surface area contributed by atoms with Crippen LogP contribution < -0.4 is 11.1 Å². The van der Waals surface area contributed by atoms with Gasteiger partial charge in [0.25, 0.3) is 0 Å². The molecule has 2 rings (SSSR count). The molecule has 0 aliphatic rings. The Kier molecular flexibility index (Phi) is 4.01. The molecule has 0 amide bonds. The van der Waals surface area contributed by atoms with Crippen molar-refractivity contribution in [3.05, 3.63) is 40.3 Å². The molecule has 0 bridgehead atoms. The van der Waals surface area contributed by atoms with Crippen LogP contribution in [0.3, 0.4) is 0 Å². The molecule has 1 aromatic carbocycles. The molecule has 4 N–H and O–H groups in total. The van der Waals surface area contributed by atoms with E-state index < -0.39 is 5.97 Å². The van der Waals surface area contributed by atoms with Crippen LogP contribution in [0.2, 0.25) is 0 Å². The second-order valence-electron chi connectivity index (χ2n) is 4.26. The van der Waals surface area contributed by atoms with Gasteiger partial charge in [-0.1, -0.05) is 6.92 Å². The molecule has 0 saturated carbocycles. The van der Waals surface area contributed by atoms with Crippen LogP contribution in [0.15, 0.2) is 29.8 Å². The fraction of sp³-hybridized carbons (Fsp3) is 0.231. The summed E-state index contributed by atoms with van der Waals surface area (Å²) >= 11 is 1.59. The Labute approximate surface area is 115 Å². The van der Waals surface area contributed by atoms with Crippen molar-refractivity contribution in [1.29, 1.82) is 0 Å². The molecule has 1 heterocycles. The van der Waals surface area contributed by atoms with Gasteiger partial charge in [-0.25, -0.2) is 9.78 Å². The number of benzene rings is 1. The van der Waals surface area contributed by atoms with Crippen LogP contribution in [0.5, 0.6) is 0 Å². The molecule has 0 aliphatic heterocycles. The van der Waals surface area contributed by atoms with Crippen LogP contribution >= 0.6 is 11.3 Å². The number of carbonyl (C=O) groups is 1. The maximum atomic E-state index is 11.1. The second kappa shape index (κ2) is 5.71. The zero-order valence-corrected chi connectivity index (χ0v) is 11.3. The highest BCUT2D eigenvalue weighted by molar-refractivity contribution is 7.09. The summed E-state index contributed by atoms with van der Waals surface area (Å²) in [6.07, 6.45) is 1.76. The summed E-state index contributed by atoms with van der Waals surface area (Å²) in [5.74, 6) is -0.757. The highest BCUT2D eigenvalue weighted by atomic mass is 32.1. The van der Waals surface area contributed by atoms with E-state index in [0.717, 1.165) is 5.01 Å². The number of carboxylic acids is 1. The lowest BCUT2D eigenvalue weighted by atomic mass is 10.1. The molecule has 0 fully saturated rings. The van der Waals surface area contributed by atoms with Gasteiger partial charge in [-0.3, -0.25) is 0 Å². The average Bonchev–Trinajstić information content (AvgIpc) is 2.89. The van der Waals surface area contributed by atoms with Crippen molar-refractivity contribution < 1.29 is 9.90 Å². The number of hydrogen-bond acceptors (Lipinski definition) is 5. The lowest BCUT2D eigenvalue weighted by Gasteiger charge is -2.13. The van der Waals surface area contributed by atoms with E-state index in [1.807, 2.05) is 12.3 Å². The third kappa shape index (κ3) is 3.23. The number of aromatic nitrogens is 1. The molecular formula is C13H15N3O2S. The lowest BCUT2D eigenvalue weighted by molar-refractivity contribution is 0.0698. The molecule has 0 spiro atoms. The molecule has 0 aliphatic carbocycles.